The standard InChI is InChI=1S/C10H7N3/c11-13-7-8-5-9-3-1-2-4-10(9)12-6-8/h1-7H. The molecule has 0 bridgehead atoms. The van der Waals surface area contributed by atoms with Crippen LogP contribution >= 0.6 is 0 Å². The molecule has 0 N–H and O–H groups in total. The molecule has 0 saturated heterocycles. The molecule has 0 aliphatic rings. The predicted molar refractivity (Wildman–Crippen MR) is 50.5 cm³/mol. The number of rotatable bonds is 1. The summed E-state index contributed by atoms with van der Waals surface area (Å²) in [5, 5.41) is 1.04. The van der Waals surface area contributed by atoms with Crippen molar-refractivity contribution in [3.8, 4) is 0 Å². The van der Waals surface area contributed by atoms with Gasteiger partial charge in [-0.3, -0.25) is 4.98 Å². The van der Waals surface area contributed by atoms with Gasteiger partial charge in [-0.25, -0.2) is 0 Å². The number of nitrogens with zero attached hydrogens (tertiary/aromatic N) is 3. The lowest BCUT2D eigenvalue weighted by Crippen LogP contribution is -1.85. The second-order valence-corrected chi connectivity index (χ2v) is 2.71. The van der Waals surface area contributed by atoms with Crippen LogP contribution in [-0.4, -0.2) is 16.0 Å². The van der Waals surface area contributed by atoms with Gasteiger partial charge in [-0.15, -0.1) is 0 Å². The summed E-state index contributed by atoms with van der Waals surface area (Å²) in [6.07, 6.45) is 3.03. The first-order chi connectivity index (χ1) is 6.40. The van der Waals surface area contributed by atoms with Gasteiger partial charge in [0.25, 0.3) is 6.21 Å². The molecule has 0 aliphatic heterocycles. The SMILES string of the molecule is [N-]=[N+]=Cc1cnc2ccccc2c1. The third-order valence-corrected chi connectivity index (χ3v) is 1.82. The third kappa shape index (κ3) is 1.45. The molecule has 3 heteroatoms. The fourth-order valence-electron chi connectivity index (χ4n) is 1.23. The second kappa shape index (κ2) is 3.17. The Morgan fingerprint density at radius 1 is 1.31 bits per heavy atom. The molecule has 1 aromatic carbocycles. The van der Waals surface area contributed by atoms with Crippen molar-refractivity contribution in [2.24, 2.45) is 0 Å². The Morgan fingerprint density at radius 2 is 2.15 bits per heavy atom. The van der Waals surface area contributed by atoms with E-state index in [9.17, 15) is 0 Å². The van der Waals surface area contributed by atoms with E-state index in [0.717, 1.165) is 16.5 Å². The molecule has 0 radical (unpaired) electrons. The van der Waals surface area contributed by atoms with Crippen molar-refractivity contribution in [2.45, 2.75) is 0 Å². The van der Waals surface area contributed by atoms with Crippen molar-refractivity contribution in [1.82, 2.24) is 4.98 Å². The Kier molecular flexibility index (Phi) is 1.87. The Bertz CT molecular complexity index is 484. The average molecular weight is 169 g/mol. The zero-order chi connectivity index (χ0) is 9.10. The maximum absolute atomic E-state index is 8.33. The van der Waals surface area contributed by atoms with E-state index < -0.39 is 0 Å². The highest BCUT2D eigenvalue weighted by Gasteiger charge is 1.96. The van der Waals surface area contributed by atoms with Crippen molar-refractivity contribution < 1.29 is 4.79 Å². The Labute approximate surface area is 75.3 Å². The zero-order valence-corrected chi connectivity index (χ0v) is 6.88. The first kappa shape index (κ1) is 7.65. The molecule has 62 valence electrons. The van der Waals surface area contributed by atoms with Gasteiger partial charge >= 0.3 is 0 Å². The number of para-hydroxylation sites is 1. The van der Waals surface area contributed by atoms with Gasteiger partial charge in [-0.1, -0.05) is 18.2 Å². The molecule has 3 nitrogen and oxygen atoms in total. The number of fused-ring (bicyclic) bond motifs is 1. The molecule has 0 fully saturated rings. The van der Waals surface area contributed by atoms with Crippen LogP contribution in [-0.2, 0) is 0 Å². The molecule has 0 spiro atoms. The highest BCUT2D eigenvalue weighted by molar-refractivity contribution is 5.85. The van der Waals surface area contributed by atoms with Gasteiger partial charge in [0, 0.05) is 11.6 Å². The minimum atomic E-state index is 0.793. The summed E-state index contributed by atoms with van der Waals surface area (Å²) in [5.41, 5.74) is 10.1. The van der Waals surface area contributed by atoms with E-state index >= 15 is 0 Å². The molecule has 0 saturated carbocycles. The van der Waals surface area contributed by atoms with E-state index in [1.54, 1.807) is 6.20 Å². The van der Waals surface area contributed by atoms with Crippen molar-refractivity contribution >= 4 is 17.1 Å². The smallest absolute Gasteiger partial charge is 0.289 e. The summed E-state index contributed by atoms with van der Waals surface area (Å²) in [4.78, 5) is 7.15. The van der Waals surface area contributed by atoms with Crippen LogP contribution in [0.2, 0.25) is 0 Å². The third-order valence-electron chi connectivity index (χ3n) is 1.82. The van der Waals surface area contributed by atoms with Crippen LogP contribution in [0, 0.1) is 0 Å². The first-order valence-corrected chi connectivity index (χ1v) is 3.92. The van der Waals surface area contributed by atoms with E-state index in [-0.39, 0.29) is 0 Å². The summed E-state index contributed by atoms with van der Waals surface area (Å²) in [5.74, 6) is 0. The van der Waals surface area contributed by atoms with Crippen LogP contribution in [0.15, 0.2) is 36.5 Å². The summed E-state index contributed by atoms with van der Waals surface area (Å²) in [6, 6.07) is 9.72. The van der Waals surface area contributed by atoms with Crippen LogP contribution in [0.4, 0.5) is 0 Å². The Morgan fingerprint density at radius 3 is 3.00 bits per heavy atom. The maximum atomic E-state index is 8.33. The van der Waals surface area contributed by atoms with Crippen LogP contribution in [0.3, 0.4) is 0 Å². The summed E-state index contributed by atoms with van der Waals surface area (Å²) < 4.78 is 0. The fraction of sp³-hybridized carbons (Fsp3) is 0. The van der Waals surface area contributed by atoms with E-state index in [1.807, 2.05) is 30.3 Å². The molecule has 1 aromatic heterocycles. The summed E-state index contributed by atoms with van der Waals surface area (Å²) in [7, 11) is 0. The zero-order valence-electron chi connectivity index (χ0n) is 6.88. The van der Waals surface area contributed by atoms with E-state index in [0.29, 0.717) is 0 Å². The van der Waals surface area contributed by atoms with Gasteiger partial charge in [-0.05, 0) is 12.1 Å². The predicted octanol–water partition coefficient (Wildman–Crippen LogP) is 1.88. The molecular weight excluding hydrogens is 162 g/mol. The quantitative estimate of drug-likeness (QED) is 0.365. The Hall–Kier alpha value is -1.99. The van der Waals surface area contributed by atoms with Crippen LogP contribution in [0.25, 0.3) is 16.4 Å². The highest BCUT2D eigenvalue weighted by Crippen LogP contribution is 2.10. The van der Waals surface area contributed by atoms with E-state index in [2.05, 4.69) is 9.77 Å². The molecule has 0 unspecified atom stereocenters. The normalized spacial score (nSPS) is 9.54. The number of hydrogen-bond acceptors (Lipinski definition) is 1. The highest BCUT2D eigenvalue weighted by atomic mass is 14.8. The molecular formula is C10H7N3. The number of benzene rings is 1. The fourth-order valence-corrected chi connectivity index (χ4v) is 1.23. The van der Waals surface area contributed by atoms with E-state index in [4.69, 9.17) is 5.53 Å². The average Bonchev–Trinajstić information content (AvgIpc) is 2.18. The van der Waals surface area contributed by atoms with Crippen molar-refractivity contribution in [3.05, 3.63) is 47.6 Å². The minimum absolute atomic E-state index is 0.793. The largest absolute Gasteiger partial charge is 0.361 e. The summed E-state index contributed by atoms with van der Waals surface area (Å²) in [6.45, 7) is 0. The van der Waals surface area contributed by atoms with Crippen molar-refractivity contribution in [3.63, 3.8) is 0 Å². The van der Waals surface area contributed by atoms with Gasteiger partial charge in [0.2, 0.25) is 0 Å². The minimum Gasteiger partial charge on any atom is -0.361 e. The molecule has 2 rings (SSSR count). The van der Waals surface area contributed by atoms with Crippen molar-refractivity contribution in [2.75, 3.05) is 0 Å². The van der Waals surface area contributed by atoms with Gasteiger partial charge in [0.1, 0.15) is 0 Å². The van der Waals surface area contributed by atoms with Gasteiger partial charge in [0.15, 0.2) is 0 Å². The van der Waals surface area contributed by atoms with Gasteiger partial charge in [0.05, 0.1) is 11.1 Å². The van der Waals surface area contributed by atoms with Crippen LogP contribution < -0.4 is 0 Å². The second-order valence-electron chi connectivity index (χ2n) is 2.71. The topological polar surface area (TPSA) is 49.3 Å². The molecule has 0 amide bonds. The molecule has 0 aliphatic carbocycles. The number of pyridine rings is 1. The van der Waals surface area contributed by atoms with Crippen LogP contribution in [0.5, 0.6) is 0 Å². The maximum Gasteiger partial charge on any atom is 0.289 e. The van der Waals surface area contributed by atoms with Gasteiger partial charge in [-0.2, -0.15) is 4.79 Å². The lowest BCUT2D eigenvalue weighted by atomic mass is 10.2. The molecule has 13 heavy (non-hydrogen) atoms. The summed E-state index contributed by atoms with van der Waals surface area (Å²) >= 11 is 0. The van der Waals surface area contributed by atoms with Gasteiger partial charge < -0.3 is 5.53 Å². The number of hydrogen-bond donors (Lipinski definition) is 0. The lowest BCUT2D eigenvalue weighted by Gasteiger charge is -1.94. The van der Waals surface area contributed by atoms with Crippen molar-refractivity contribution in [1.29, 1.82) is 0 Å². The molecule has 0 atom stereocenters. The van der Waals surface area contributed by atoms with E-state index in [1.165, 1.54) is 6.21 Å². The first-order valence-electron chi connectivity index (χ1n) is 3.92. The monoisotopic (exact) mass is 169 g/mol. The molecule has 1 heterocycles. The molecule has 2 aromatic rings. The van der Waals surface area contributed by atoms with Crippen LogP contribution in [0.1, 0.15) is 5.56 Å². The Balaban J connectivity index is 2.68. The number of aromatic nitrogens is 1. The lowest BCUT2D eigenvalue weighted by molar-refractivity contribution is 0.00455.